The molecule has 0 fully saturated rings. The third kappa shape index (κ3) is 2.51. The summed E-state index contributed by atoms with van der Waals surface area (Å²) in [5.74, 6) is 0. The van der Waals surface area contributed by atoms with E-state index in [0.717, 1.165) is 10.2 Å². The Bertz CT molecular complexity index is 291. The van der Waals surface area contributed by atoms with Crippen LogP contribution < -0.4 is 5.73 Å². The predicted molar refractivity (Wildman–Crippen MR) is 54.5 cm³/mol. The summed E-state index contributed by atoms with van der Waals surface area (Å²) in [5, 5.41) is 0. The lowest BCUT2D eigenvalue weighted by molar-refractivity contribution is 1.29. The van der Waals surface area contributed by atoms with Gasteiger partial charge in [0.15, 0.2) is 0 Å². The first-order chi connectivity index (χ1) is 5.84. The van der Waals surface area contributed by atoms with Crippen LogP contribution in [0.15, 0.2) is 42.7 Å². The summed E-state index contributed by atoms with van der Waals surface area (Å²) in [6.07, 6.45) is 6.82. The van der Waals surface area contributed by atoms with Crippen LogP contribution in [0.1, 0.15) is 5.69 Å². The summed E-state index contributed by atoms with van der Waals surface area (Å²) >= 11 is 3.38. The van der Waals surface area contributed by atoms with Crippen molar-refractivity contribution in [2.24, 2.45) is 5.73 Å². The van der Waals surface area contributed by atoms with Gasteiger partial charge in [0, 0.05) is 10.7 Å². The Morgan fingerprint density at radius 3 is 2.92 bits per heavy atom. The summed E-state index contributed by atoms with van der Waals surface area (Å²) in [6, 6.07) is 5.73. The zero-order valence-electron chi connectivity index (χ0n) is 6.44. The first kappa shape index (κ1) is 9.00. The number of nitrogens with two attached hydrogens (primary N) is 1. The van der Waals surface area contributed by atoms with Crippen LogP contribution in [-0.4, -0.2) is 4.98 Å². The van der Waals surface area contributed by atoms with Crippen LogP contribution in [0.25, 0.3) is 4.48 Å². The van der Waals surface area contributed by atoms with Crippen molar-refractivity contribution in [3.05, 3.63) is 48.4 Å². The lowest BCUT2D eigenvalue weighted by atomic mass is 10.3. The van der Waals surface area contributed by atoms with Crippen molar-refractivity contribution in [3.8, 4) is 0 Å². The van der Waals surface area contributed by atoms with Gasteiger partial charge in [0.25, 0.3) is 0 Å². The second-order valence-electron chi connectivity index (χ2n) is 2.11. The maximum atomic E-state index is 5.19. The van der Waals surface area contributed by atoms with Crippen LogP contribution in [0.2, 0.25) is 0 Å². The van der Waals surface area contributed by atoms with Gasteiger partial charge in [-0.25, -0.2) is 0 Å². The highest BCUT2D eigenvalue weighted by Crippen LogP contribution is 2.17. The van der Waals surface area contributed by atoms with E-state index in [1.807, 2.05) is 24.3 Å². The third-order valence-electron chi connectivity index (χ3n) is 1.26. The quantitative estimate of drug-likeness (QED) is 0.784. The number of rotatable bonds is 2. The number of hydrogen-bond acceptors (Lipinski definition) is 2. The largest absolute Gasteiger partial charge is 0.405 e. The Labute approximate surface area is 79.9 Å². The number of pyridine rings is 1. The SMILES string of the molecule is N/C=C/C=C(/Br)c1ccccn1. The van der Waals surface area contributed by atoms with Crippen molar-refractivity contribution in [2.45, 2.75) is 0 Å². The zero-order chi connectivity index (χ0) is 8.81. The zero-order valence-corrected chi connectivity index (χ0v) is 8.03. The minimum Gasteiger partial charge on any atom is -0.405 e. The van der Waals surface area contributed by atoms with Gasteiger partial charge in [-0.2, -0.15) is 0 Å². The second kappa shape index (κ2) is 4.72. The summed E-state index contributed by atoms with van der Waals surface area (Å²) in [4.78, 5) is 4.14. The normalized spacial score (nSPS) is 12.2. The number of nitrogens with zero attached hydrogens (tertiary/aromatic N) is 1. The van der Waals surface area contributed by atoms with E-state index in [9.17, 15) is 0 Å². The minimum absolute atomic E-state index is 0.899. The first-order valence-corrected chi connectivity index (χ1v) is 4.29. The van der Waals surface area contributed by atoms with Gasteiger partial charge in [-0.05, 0) is 46.4 Å². The van der Waals surface area contributed by atoms with Gasteiger partial charge < -0.3 is 5.73 Å². The van der Waals surface area contributed by atoms with Gasteiger partial charge in [-0.3, -0.25) is 4.98 Å². The molecule has 0 aliphatic carbocycles. The molecule has 0 radical (unpaired) electrons. The molecule has 0 saturated carbocycles. The van der Waals surface area contributed by atoms with E-state index in [4.69, 9.17) is 5.73 Å². The van der Waals surface area contributed by atoms with Crippen molar-refractivity contribution in [3.63, 3.8) is 0 Å². The highest BCUT2D eigenvalue weighted by atomic mass is 79.9. The van der Waals surface area contributed by atoms with E-state index < -0.39 is 0 Å². The van der Waals surface area contributed by atoms with E-state index in [0.29, 0.717) is 0 Å². The predicted octanol–water partition coefficient (Wildman–Crippen LogP) is 2.29. The molecule has 1 aromatic rings. The van der Waals surface area contributed by atoms with Gasteiger partial charge in [-0.15, -0.1) is 0 Å². The molecule has 12 heavy (non-hydrogen) atoms. The Morgan fingerprint density at radius 1 is 1.50 bits per heavy atom. The van der Waals surface area contributed by atoms with E-state index in [-0.39, 0.29) is 0 Å². The van der Waals surface area contributed by atoms with Gasteiger partial charge >= 0.3 is 0 Å². The molecule has 1 aromatic heterocycles. The fourth-order valence-electron chi connectivity index (χ4n) is 0.729. The average molecular weight is 225 g/mol. The Kier molecular flexibility index (Phi) is 3.54. The Hall–Kier alpha value is -1.09. The number of allylic oxidation sites excluding steroid dienone is 2. The number of aromatic nitrogens is 1. The molecule has 1 heterocycles. The molecule has 0 aromatic carbocycles. The third-order valence-corrected chi connectivity index (χ3v) is 1.93. The molecule has 0 saturated heterocycles. The van der Waals surface area contributed by atoms with Crippen LogP contribution in [0.4, 0.5) is 0 Å². The fraction of sp³-hybridized carbons (Fsp3) is 0. The standard InChI is InChI=1S/C9H9BrN2/c10-8(4-3-6-11)9-5-1-2-7-12-9/h1-7H,11H2/b6-3+,8-4+. The molecule has 0 bridgehead atoms. The molecule has 1 rings (SSSR count). The van der Waals surface area contributed by atoms with Crippen molar-refractivity contribution in [1.82, 2.24) is 4.98 Å². The second-order valence-corrected chi connectivity index (χ2v) is 2.97. The first-order valence-electron chi connectivity index (χ1n) is 3.50. The van der Waals surface area contributed by atoms with Crippen LogP contribution in [0.5, 0.6) is 0 Å². The van der Waals surface area contributed by atoms with Crippen molar-refractivity contribution in [2.75, 3.05) is 0 Å². The topological polar surface area (TPSA) is 38.9 Å². The molecule has 62 valence electrons. The van der Waals surface area contributed by atoms with E-state index in [2.05, 4.69) is 20.9 Å². The van der Waals surface area contributed by atoms with E-state index >= 15 is 0 Å². The average Bonchev–Trinajstić information content (AvgIpc) is 2.15. The molecule has 0 spiro atoms. The van der Waals surface area contributed by atoms with Gasteiger partial charge in [0.1, 0.15) is 0 Å². The molecule has 0 aliphatic rings. The molecule has 0 aliphatic heterocycles. The lowest BCUT2D eigenvalue weighted by Crippen LogP contribution is -1.80. The summed E-state index contributed by atoms with van der Waals surface area (Å²) in [7, 11) is 0. The molecule has 0 amide bonds. The van der Waals surface area contributed by atoms with Crippen LogP contribution >= 0.6 is 15.9 Å². The minimum atomic E-state index is 0.899. The van der Waals surface area contributed by atoms with Crippen LogP contribution in [0.3, 0.4) is 0 Å². The lowest BCUT2D eigenvalue weighted by Gasteiger charge is -1.94. The Balaban J connectivity index is 2.85. The Morgan fingerprint density at radius 2 is 2.33 bits per heavy atom. The number of hydrogen-bond donors (Lipinski definition) is 1. The summed E-state index contributed by atoms with van der Waals surface area (Å²) in [6.45, 7) is 0. The summed E-state index contributed by atoms with van der Waals surface area (Å²) in [5.41, 5.74) is 6.09. The fourth-order valence-corrected chi connectivity index (χ4v) is 1.12. The molecular weight excluding hydrogens is 216 g/mol. The van der Waals surface area contributed by atoms with Gasteiger partial charge in [-0.1, -0.05) is 6.07 Å². The highest BCUT2D eigenvalue weighted by molar-refractivity contribution is 9.15. The maximum absolute atomic E-state index is 5.19. The summed E-state index contributed by atoms with van der Waals surface area (Å²) < 4.78 is 0.921. The molecule has 2 N–H and O–H groups in total. The highest BCUT2D eigenvalue weighted by Gasteiger charge is 1.93. The smallest absolute Gasteiger partial charge is 0.0771 e. The number of halogens is 1. The molecule has 0 unspecified atom stereocenters. The molecular formula is C9H9BrN2. The van der Waals surface area contributed by atoms with Crippen LogP contribution in [0, 0.1) is 0 Å². The van der Waals surface area contributed by atoms with Crippen molar-refractivity contribution >= 4 is 20.4 Å². The molecule has 2 nitrogen and oxygen atoms in total. The van der Waals surface area contributed by atoms with E-state index in [1.165, 1.54) is 6.20 Å². The van der Waals surface area contributed by atoms with Gasteiger partial charge in [0.2, 0.25) is 0 Å². The van der Waals surface area contributed by atoms with Crippen molar-refractivity contribution < 1.29 is 0 Å². The van der Waals surface area contributed by atoms with E-state index in [1.54, 1.807) is 12.3 Å². The van der Waals surface area contributed by atoms with Crippen LogP contribution in [-0.2, 0) is 0 Å². The molecule has 0 atom stereocenters. The molecule has 3 heteroatoms. The maximum Gasteiger partial charge on any atom is 0.0771 e. The van der Waals surface area contributed by atoms with Gasteiger partial charge in [0.05, 0.1) is 5.69 Å². The van der Waals surface area contributed by atoms with Crippen molar-refractivity contribution in [1.29, 1.82) is 0 Å². The monoisotopic (exact) mass is 224 g/mol.